The van der Waals surface area contributed by atoms with Gasteiger partial charge in [-0.1, -0.05) is 60.1 Å². The topological polar surface area (TPSA) is 32.3 Å². The Kier molecular flexibility index (Phi) is 4.58. The van der Waals surface area contributed by atoms with Crippen molar-refractivity contribution in [2.45, 2.75) is 5.78 Å². The van der Waals surface area contributed by atoms with E-state index in [9.17, 15) is 4.57 Å². The number of halogens is 1. The summed E-state index contributed by atoms with van der Waals surface area (Å²) in [5, 5.41) is 5.14. The molecule has 3 nitrogen and oxygen atoms in total. The van der Waals surface area contributed by atoms with Gasteiger partial charge in [0.15, 0.2) is 5.11 Å². The molecule has 0 aliphatic carbocycles. The van der Waals surface area contributed by atoms with Crippen LogP contribution in [0.2, 0.25) is 5.02 Å². The Morgan fingerprint density at radius 3 is 2.08 bits per heavy atom. The summed E-state index contributed by atoms with van der Waals surface area (Å²) in [5.74, 6) is -0.435. The van der Waals surface area contributed by atoms with Crippen LogP contribution in [0.15, 0.2) is 84.9 Å². The lowest BCUT2D eigenvalue weighted by molar-refractivity contribution is 0.574. The number of anilines is 1. The Morgan fingerprint density at radius 2 is 1.46 bits per heavy atom. The molecule has 0 spiro atoms. The minimum Gasteiger partial charge on any atom is -0.346 e. The molecule has 130 valence electrons. The van der Waals surface area contributed by atoms with Crippen molar-refractivity contribution in [3.8, 4) is 0 Å². The molecule has 0 aromatic heterocycles. The number of hydrogen-bond donors (Lipinski definition) is 1. The highest BCUT2D eigenvalue weighted by Gasteiger charge is 2.49. The van der Waals surface area contributed by atoms with Crippen molar-refractivity contribution in [1.82, 2.24) is 5.32 Å². The Labute approximate surface area is 163 Å². The lowest BCUT2D eigenvalue weighted by Crippen LogP contribution is -2.27. The van der Waals surface area contributed by atoms with Crippen LogP contribution in [-0.4, -0.2) is 5.11 Å². The second-order valence-corrected chi connectivity index (χ2v) is 9.51. The maximum absolute atomic E-state index is 14.5. The predicted octanol–water partition coefficient (Wildman–Crippen LogP) is 5.34. The number of para-hydroxylation sites is 1. The highest BCUT2D eigenvalue weighted by atomic mass is 35.5. The molecule has 3 aromatic carbocycles. The monoisotopic (exact) mass is 398 g/mol. The van der Waals surface area contributed by atoms with E-state index in [1.165, 1.54) is 0 Å². The molecule has 0 bridgehead atoms. The zero-order valence-corrected chi connectivity index (χ0v) is 16.2. The van der Waals surface area contributed by atoms with Crippen LogP contribution < -0.4 is 15.3 Å². The van der Waals surface area contributed by atoms with Crippen molar-refractivity contribution in [1.29, 1.82) is 0 Å². The summed E-state index contributed by atoms with van der Waals surface area (Å²) in [6.45, 7) is 0. The predicted molar refractivity (Wildman–Crippen MR) is 113 cm³/mol. The van der Waals surface area contributed by atoms with E-state index in [4.69, 9.17) is 23.8 Å². The lowest BCUT2D eigenvalue weighted by atomic mass is 10.2. The van der Waals surface area contributed by atoms with E-state index < -0.39 is 13.1 Å². The Hall–Kier alpha value is -2.13. The third-order valence-corrected chi connectivity index (χ3v) is 8.29. The molecule has 1 N–H and O–H groups in total. The Bertz CT molecular complexity index is 980. The minimum atomic E-state index is -3.12. The van der Waals surface area contributed by atoms with Crippen molar-refractivity contribution in [2.75, 3.05) is 4.67 Å². The van der Waals surface area contributed by atoms with Gasteiger partial charge in [-0.25, -0.2) is 0 Å². The van der Waals surface area contributed by atoms with E-state index in [0.29, 0.717) is 10.1 Å². The van der Waals surface area contributed by atoms with Crippen LogP contribution in [0.5, 0.6) is 0 Å². The van der Waals surface area contributed by atoms with Gasteiger partial charge in [-0.15, -0.1) is 0 Å². The van der Waals surface area contributed by atoms with Crippen molar-refractivity contribution in [2.24, 2.45) is 0 Å². The molecule has 4 rings (SSSR count). The van der Waals surface area contributed by atoms with Gasteiger partial charge in [0, 0.05) is 10.3 Å². The summed E-state index contributed by atoms with van der Waals surface area (Å²) in [7, 11) is -3.12. The minimum absolute atomic E-state index is 0.435. The van der Waals surface area contributed by atoms with E-state index in [0.717, 1.165) is 16.6 Å². The normalized spacial score (nSPS) is 22.3. The number of nitrogens with one attached hydrogen (secondary N) is 1. The van der Waals surface area contributed by atoms with Crippen LogP contribution in [0, 0.1) is 0 Å². The first-order valence-electron chi connectivity index (χ1n) is 8.17. The fourth-order valence-corrected chi connectivity index (χ4v) is 7.05. The van der Waals surface area contributed by atoms with Gasteiger partial charge in [0.1, 0.15) is 5.78 Å². The average Bonchev–Trinajstić information content (AvgIpc) is 2.95. The molecule has 6 heteroatoms. The summed E-state index contributed by atoms with van der Waals surface area (Å²) in [6.07, 6.45) is 0. The average molecular weight is 399 g/mol. The first-order chi connectivity index (χ1) is 12.6. The largest absolute Gasteiger partial charge is 0.346 e. The maximum atomic E-state index is 14.5. The van der Waals surface area contributed by atoms with E-state index in [1.54, 1.807) is 4.67 Å². The Morgan fingerprint density at radius 1 is 0.885 bits per heavy atom. The number of nitrogens with zero attached hydrogens (tertiary/aromatic N) is 1. The second kappa shape index (κ2) is 6.88. The molecule has 1 fully saturated rings. The number of benzene rings is 3. The van der Waals surface area contributed by atoms with Crippen molar-refractivity contribution >= 4 is 47.2 Å². The third kappa shape index (κ3) is 2.84. The van der Waals surface area contributed by atoms with Gasteiger partial charge >= 0.3 is 0 Å². The molecule has 3 aromatic rings. The summed E-state index contributed by atoms with van der Waals surface area (Å²) >= 11 is 11.6. The van der Waals surface area contributed by atoms with Gasteiger partial charge in [-0.2, -0.15) is 0 Å². The smallest absolute Gasteiger partial charge is 0.232 e. The quantitative estimate of drug-likeness (QED) is 0.477. The van der Waals surface area contributed by atoms with E-state index in [1.807, 2.05) is 84.9 Å². The fraction of sp³-hybridized carbons (Fsp3) is 0.0500. The van der Waals surface area contributed by atoms with E-state index >= 15 is 0 Å². The highest BCUT2D eigenvalue weighted by Crippen LogP contribution is 2.64. The van der Waals surface area contributed by atoms with Crippen LogP contribution in [0.4, 0.5) is 5.69 Å². The summed E-state index contributed by atoms with van der Waals surface area (Å²) in [5.41, 5.74) is 1.70. The summed E-state index contributed by atoms with van der Waals surface area (Å²) < 4.78 is 16.3. The molecule has 0 unspecified atom stereocenters. The molecule has 1 aliphatic rings. The van der Waals surface area contributed by atoms with Gasteiger partial charge in [0.25, 0.3) is 0 Å². The molecule has 1 saturated heterocycles. The van der Waals surface area contributed by atoms with E-state index in [2.05, 4.69) is 5.32 Å². The molecule has 1 heterocycles. The van der Waals surface area contributed by atoms with Gasteiger partial charge in [-0.05, 0) is 54.2 Å². The molecule has 0 radical (unpaired) electrons. The van der Waals surface area contributed by atoms with Gasteiger partial charge in [0.2, 0.25) is 7.29 Å². The molecule has 26 heavy (non-hydrogen) atoms. The van der Waals surface area contributed by atoms with Gasteiger partial charge in [0.05, 0.1) is 5.69 Å². The summed E-state index contributed by atoms with van der Waals surface area (Å²) in [4.78, 5) is 0. The van der Waals surface area contributed by atoms with Crippen molar-refractivity contribution < 1.29 is 4.57 Å². The van der Waals surface area contributed by atoms with Crippen molar-refractivity contribution in [3.05, 3.63) is 95.5 Å². The SMILES string of the molecule is O=[P@@]1(c2ccccc2)[C@@H](c2ccc(Cl)cc2)NC(=S)N1c1ccccc1. The van der Waals surface area contributed by atoms with Gasteiger partial charge < -0.3 is 5.32 Å². The fourth-order valence-electron chi connectivity index (χ4n) is 3.21. The van der Waals surface area contributed by atoms with E-state index in [-0.39, 0.29) is 0 Å². The van der Waals surface area contributed by atoms with Gasteiger partial charge in [-0.3, -0.25) is 9.24 Å². The van der Waals surface area contributed by atoms with Crippen molar-refractivity contribution in [3.63, 3.8) is 0 Å². The molecular formula is C20H16ClN2OPS. The molecule has 2 atom stereocenters. The molecular weight excluding hydrogens is 383 g/mol. The second-order valence-electron chi connectivity index (χ2n) is 6.01. The zero-order chi connectivity index (χ0) is 18.1. The zero-order valence-electron chi connectivity index (χ0n) is 13.7. The van der Waals surface area contributed by atoms with Crippen LogP contribution in [-0.2, 0) is 4.57 Å². The first-order valence-corrected chi connectivity index (χ1v) is 10.7. The number of rotatable bonds is 3. The maximum Gasteiger partial charge on any atom is 0.232 e. The first kappa shape index (κ1) is 17.3. The molecule has 0 saturated carbocycles. The molecule has 1 aliphatic heterocycles. The summed E-state index contributed by atoms with van der Waals surface area (Å²) in [6, 6.07) is 26.5. The van der Waals surface area contributed by atoms with Crippen LogP contribution in [0.3, 0.4) is 0 Å². The standard InChI is InChI=1S/C20H16ClN2OPS/c21-16-13-11-15(12-14-16)19-22-20(26)23(17-7-3-1-4-8-17)25(19,24)18-9-5-2-6-10-18/h1-14,19H,(H,22,26)/t19-,25-/m0/s1. The van der Waals surface area contributed by atoms with Crippen LogP contribution in [0.25, 0.3) is 0 Å². The van der Waals surface area contributed by atoms with Crippen LogP contribution in [0.1, 0.15) is 11.3 Å². The molecule has 0 amide bonds. The lowest BCUT2D eigenvalue weighted by Gasteiger charge is -2.28. The third-order valence-electron chi connectivity index (χ3n) is 4.41. The highest BCUT2D eigenvalue weighted by molar-refractivity contribution is 7.84. The number of hydrogen-bond acceptors (Lipinski definition) is 2. The number of thiocarbonyl (C=S) groups is 1. The Balaban J connectivity index is 1.91. The van der Waals surface area contributed by atoms with Crippen LogP contribution >= 0.6 is 31.1 Å².